The predicted octanol–water partition coefficient (Wildman–Crippen LogP) is 5.07. The Labute approximate surface area is 136 Å². The summed E-state index contributed by atoms with van der Waals surface area (Å²) in [7, 11) is 0. The molecule has 0 aliphatic rings. The van der Waals surface area contributed by atoms with E-state index in [9.17, 15) is 4.79 Å². The molecule has 3 nitrogen and oxygen atoms in total. The monoisotopic (exact) mass is 305 g/mol. The van der Waals surface area contributed by atoms with Crippen LogP contribution in [0, 0.1) is 6.92 Å². The van der Waals surface area contributed by atoms with Crippen molar-refractivity contribution in [1.29, 1.82) is 0 Å². The second kappa shape index (κ2) is 6.53. The molecular formula is C20H19NO2. The Balaban J connectivity index is 1.76. The Bertz CT molecular complexity index is 816. The number of benzene rings is 2. The maximum Gasteiger partial charge on any atom is 0.291 e. The molecule has 0 spiro atoms. The van der Waals surface area contributed by atoms with Crippen molar-refractivity contribution in [2.75, 3.05) is 5.32 Å². The van der Waals surface area contributed by atoms with Gasteiger partial charge in [0.1, 0.15) is 5.76 Å². The van der Waals surface area contributed by atoms with Crippen molar-refractivity contribution in [2.45, 2.75) is 20.3 Å². The second-order valence-electron chi connectivity index (χ2n) is 5.54. The van der Waals surface area contributed by atoms with Gasteiger partial charge in [-0.1, -0.05) is 48.9 Å². The lowest BCUT2D eigenvalue weighted by molar-refractivity contribution is 0.0997. The van der Waals surface area contributed by atoms with Crippen molar-refractivity contribution in [3.63, 3.8) is 0 Å². The molecule has 0 saturated carbocycles. The van der Waals surface area contributed by atoms with Crippen LogP contribution < -0.4 is 5.32 Å². The summed E-state index contributed by atoms with van der Waals surface area (Å²) < 4.78 is 5.69. The fourth-order valence-corrected chi connectivity index (χ4v) is 2.39. The van der Waals surface area contributed by atoms with Gasteiger partial charge in [-0.15, -0.1) is 0 Å². The highest BCUT2D eigenvalue weighted by Gasteiger charge is 2.12. The smallest absolute Gasteiger partial charge is 0.291 e. The summed E-state index contributed by atoms with van der Waals surface area (Å²) in [4.78, 5) is 12.3. The highest BCUT2D eigenvalue weighted by atomic mass is 16.3. The van der Waals surface area contributed by atoms with Crippen molar-refractivity contribution in [3.05, 3.63) is 77.6 Å². The van der Waals surface area contributed by atoms with Crippen LogP contribution in [0.4, 0.5) is 5.69 Å². The molecule has 1 aromatic heterocycles. The lowest BCUT2D eigenvalue weighted by Gasteiger charge is -2.05. The molecule has 116 valence electrons. The van der Waals surface area contributed by atoms with E-state index in [-0.39, 0.29) is 5.91 Å². The predicted molar refractivity (Wildman–Crippen MR) is 92.7 cm³/mol. The zero-order chi connectivity index (χ0) is 16.2. The number of hydrogen-bond donors (Lipinski definition) is 1. The van der Waals surface area contributed by atoms with Crippen molar-refractivity contribution in [1.82, 2.24) is 0 Å². The Kier molecular flexibility index (Phi) is 4.29. The van der Waals surface area contributed by atoms with E-state index in [1.54, 1.807) is 6.07 Å². The molecule has 0 radical (unpaired) electrons. The van der Waals surface area contributed by atoms with Gasteiger partial charge in [-0.05, 0) is 43.2 Å². The molecule has 0 aliphatic heterocycles. The number of carbonyl (C=O) groups excluding carboxylic acids is 1. The van der Waals surface area contributed by atoms with E-state index in [4.69, 9.17) is 4.42 Å². The molecule has 3 rings (SSSR count). The molecule has 0 unspecified atom stereocenters. The second-order valence-corrected chi connectivity index (χ2v) is 5.54. The summed E-state index contributed by atoms with van der Waals surface area (Å²) in [5.41, 5.74) is 4.11. The molecular weight excluding hydrogens is 286 g/mol. The number of anilines is 1. The minimum absolute atomic E-state index is 0.239. The van der Waals surface area contributed by atoms with E-state index in [0.29, 0.717) is 11.5 Å². The number of hydrogen-bond acceptors (Lipinski definition) is 2. The van der Waals surface area contributed by atoms with Gasteiger partial charge >= 0.3 is 0 Å². The van der Waals surface area contributed by atoms with Crippen LogP contribution in [0.5, 0.6) is 0 Å². The Morgan fingerprint density at radius 2 is 1.83 bits per heavy atom. The molecule has 1 N–H and O–H groups in total. The first-order valence-corrected chi connectivity index (χ1v) is 7.73. The topological polar surface area (TPSA) is 42.2 Å². The molecule has 0 saturated heterocycles. The molecule has 2 aromatic carbocycles. The van der Waals surface area contributed by atoms with E-state index in [1.807, 2.05) is 61.5 Å². The van der Waals surface area contributed by atoms with Crippen LogP contribution in [0.3, 0.4) is 0 Å². The third-order valence-corrected chi connectivity index (χ3v) is 3.76. The quantitative estimate of drug-likeness (QED) is 0.731. The molecule has 0 atom stereocenters. The fourth-order valence-electron chi connectivity index (χ4n) is 2.39. The molecule has 0 aliphatic carbocycles. The number of aryl methyl sites for hydroxylation is 2. The van der Waals surface area contributed by atoms with Gasteiger partial charge in [-0.3, -0.25) is 4.79 Å². The van der Waals surface area contributed by atoms with Crippen molar-refractivity contribution < 1.29 is 9.21 Å². The van der Waals surface area contributed by atoms with E-state index >= 15 is 0 Å². The number of rotatable bonds is 4. The van der Waals surface area contributed by atoms with Gasteiger partial charge in [0.05, 0.1) is 0 Å². The third-order valence-electron chi connectivity index (χ3n) is 3.76. The number of furan rings is 1. The van der Waals surface area contributed by atoms with E-state index in [0.717, 1.165) is 17.7 Å². The zero-order valence-electron chi connectivity index (χ0n) is 13.3. The van der Waals surface area contributed by atoms with Crippen LogP contribution in [0.2, 0.25) is 0 Å². The summed E-state index contributed by atoms with van der Waals surface area (Å²) in [5.74, 6) is 0.761. The lowest BCUT2D eigenvalue weighted by Crippen LogP contribution is -2.10. The van der Waals surface area contributed by atoms with Gasteiger partial charge in [0.15, 0.2) is 5.76 Å². The Morgan fingerprint density at radius 3 is 2.57 bits per heavy atom. The highest BCUT2D eigenvalue weighted by Crippen LogP contribution is 2.23. The maximum absolute atomic E-state index is 12.3. The van der Waals surface area contributed by atoms with Gasteiger partial charge < -0.3 is 9.73 Å². The summed E-state index contributed by atoms with van der Waals surface area (Å²) in [6.07, 6.45) is 0.933. The van der Waals surface area contributed by atoms with Gasteiger partial charge in [0.2, 0.25) is 0 Å². The van der Waals surface area contributed by atoms with Crippen molar-refractivity contribution in [3.8, 4) is 11.3 Å². The number of carbonyl (C=O) groups is 1. The standard InChI is InChI=1S/C20H19NO2/c1-3-15-5-4-6-17(13-15)21-20(22)19-12-11-18(23-19)16-9-7-14(2)8-10-16/h4-13H,3H2,1-2H3,(H,21,22). The molecule has 0 bridgehead atoms. The van der Waals surface area contributed by atoms with Crippen LogP contribution >= 0.6 is 0 Å². The minimum atomic E-state index is -0.239. The third kappa shape index (κ3) is 3.51. The van der Waals surface area contributed by atoms with Crippen LogP contribution in [0.1, 0.15) is 28.6 Å². The summed E-state index contributed by atoms with van der Waals surface area (Å²) in [5, 5.41) is 2.87. The average molecular weight is 305 g/mol. The van der Waals surface area contributed by atoms with Gasteiger partial charge in [-0.25, -0.2) is 0 Å². The normalized spacial score (nSPS) is 10.5. The van der Waals surface area contributed by atoms with Crippen molar-refractivity contribution >= 4 is 11.6 Å². The first kappa shape index (κ1) is 15.1. The molecule has 1 amide bonds. The summed E-state index contributed by atoms with van der Waals surface area (Å²) >= 11 is 0. The van der Waals surface area contributed by atoms with Crippen LogP contribution in [-0.2, 0) is 6.42 Å². The molecule has 3 heteroatoms. The van der Waals surface area contributed by atoms with E-state index in [1.165, 1.54) is 11.1 Å². The molecule has 0 fully saturated rings. The van der Waals surface area contributed by atoms with E-state index < -0.39 is 0 Å². The lowest BCUT2D eigenvalue weighted by atomic mass is 10.1. The first-order valence-electron chi connectivity index (χ1n) is 7.73. The van der Waals surface area contributed by atoms with E-state index in [2.05, 4.69) is 12.2 Å². The van der Waals surface area contributed by atoms with Crippen LogP contribution in [0.25, 0.3) is 11.3 Å². The Hall–Kier alpha value is -2.81. The average Bonchev–Trinajstić information content (AvgIpc) is 3.06. The van der Waals surface area contributed by atoms with Crippen LogP contribution in [-0.4, -0.2) is 5.91 Å². The summed E-state index contributed by atoms with van der Waals surface area (Å²) in [6, 6.07) is 19.4. The molecule has 1 heterocycles. The number of amides is 1. The van der Waals surface area contributed by atoms with Crippen LogP contribution in [0.15, 0.2) is 65.1 Å². The Morgan fingerprint density at radius 1 is 1.04 bits per heavy atom. The van der Waals surface area contributed by atoms with Crippen molar-refractivity contribution in [2.24, 2.45) is 0 Å². The fraction of sp³-hybridized carbons (Fsp3) is 0.150. The largest absolute Gasteiger partial charge is 0.451 e. The minimum Gasteiger partial charge on any atom is -0.451 e. The maximum atomic E-state index is 12.3. The zero-order valence-corrected chi connectivity index (χ0v) is 13.3. The highest BCUT2D eigenvalue weighted by molar-refractivity contribution is 6.02. The van der Waals surface area contributed by atoms with Gasteiger partial charge in [0, 0.05) is 11.3 Å². The number of nitrogens with one attached hydrogen (secondary N) is 1. The first-order chi connectivity index (χ1) is 11.2. The van der Waals surface area contributed by atoms with Gasteiger partial charge in [0.25, 0.3) is 5.91 Å². The molecule has 23 heavy (non-hydrogen) atoms. The van der Waals surface area contributed by atoms with Gasteiger partial charge in [-0.2, -0.15) is 0 Å². The SMILES string of the molecule is CCc1cccc(NC(=O)c2ccc(-c3ccc(C)cc3)o2)c1. The summed E-state index contributed by atoms with van der Waals surface area (Å²) in [6.45, 7) is 4.12. The molecule has 3 aromatic rings.